The summed E-state index contributed by atoms with van der Waals surface area (Å²) in [7, 11) is 1.69. The quantitative estimate of drug-likeness (QED) is 0.566. The molecule has 2 aromatic rings. The number of Topliss-reactive ketones (excluding diaryl/α,β-unsaturated/α-hetero) is 1. The molecule has 0 bridgehead atoms. The maximum absolute atomic E-state index is 12.9. The molecule has 29 heavy (non-hydrogen) atoms. The Morgan fingerprint density at radius 3 is 2.07 bits per heavy atom. The molecular weight excluding hydrogens is 367 g/mol. The first-order valence-corrected chi connectivity index (χ1v) is 10.5. The Labute approximate surface area is 173 Å². The van der Waals surface area contributed by atoms with Crippen molar-refractivity contribution in [3.05, 3.63) is 65.5 Å². The second-order valence-electron chi connectivity index (χ2n) is 7.67. The van der Waals surface area contributed by atoms with Crippen molar-refractivity contribution in [2.24, 2.45) is 0 Å². The largest absolute Gasteiger partial charge is 0.497 e. The summed E-state index contributed by atoms with van der Waals surface area (Å²) in [6.45, 7) is 6.39. The number of hydrogen-bond acceptors (Lipinski definition) is 4. The van der Waals surface area contributed by atoms with Gasteiger partial charge >= 0.3 is 0 Å². The summed E-state index contributed by atoms with van der Waals surface area (Å²) in [5.74, 6) is 0.704. The number of rotatable bonds is 10. The van der Waals surface area contributed by atoms with E-state index in [2.05, 4.69) is 21.9 Å². The van der Waals surface area contributed by atoms with E-state index in [4.69, 9.17) is 4.74 Å². The molecule has 0 spiro atoms. The van der Waals surface area contributed by atoms with Crippen LogP contribution in [-0.4, -0.2) is 62.0 Å². The molecule has 0 radical (unpaired) electrons. The molecule has 156 valence electrons. The van der Waals surface area contributed by atoms with Crippen LogP contribution in [0.5, 0.6) is 5.75 Å². The molecule has 0 N–H and O–H groups in total. The fraction of sp³-hybridized carbons (Fsp3) is 0.458. The predicted octanol–water partition coefficient (Wildman–Crippen LogP) is 4.05. The molecule has 4 nitrogen and oxygen atoms in total. The fourth-order valence-electron chi connectivity index (χ4n) is 3.78. The van der Waals surface area contributed by atoms with Gasteiger partial charge in [-0.2, -0.15) is 0 Å². The number of halogens is 1. The number of benzene rings is 2. The van der Waals surface area contributed by atoms with E-state index in [9.17, 15) is 9.18 Å². The highest BCUT2D eigenvalue weighted by Crippen LogP contribution is 2.13. The SMILES string of the molecule is COc1ccc(CCCN2CCN(CCCC(=O)c3ccc(F)cc3)CC2)cc1. The Morgan fingerprint density at radius 1 is 0.897 bits per heavy atom. The highest BCUT2D eigenvalue weighted by molar-refractivity contribution is 5.95. The van der Waals surface area contributed by atoms with Gasteiger partial charge < -0.3 is 14.5 Å². The Kier molecular flexibility index (Phi) is 8.20. The van der Waals surface area contributed by atoms with Gasteiger partial charge in [0.25, 0.3) is 0 Å². The van der Waals surface area contributed by atoms with Crippen molar-refractivity contribution in [1.29, 1.82) is 0 Å². The first kappa shape index (κ1) is 21.5. The van der Waals surface area contributed by atoms with Crippen LogP contribution < -0.4 is 4.74 Å². The first-order chi connectivity index (χ1) is 14.1. The molecule has 1 fully saturated rings. The third-order valence-electron chi connectivity index (χ3n) is 5.61. The summed E-state index contributed by atoms with van der Waals surface area (Å²) in [4.78, 5) is 17.1. The molecule has 0 atom stereocenters. The summed E-state index contributed by atoms with van der Waals surface area (Å²) in [5, 5.41) is 0. The van der Waals surface area contributed by atoms with E-state index in [-0.39, 0.29) is 11.6 Å². The number of nitrogens with zero attached hydrogens (tertiary/aromatic N) is 2. The van der Waals surface area contributed by atoms with Crippen molar-refractivity contribution in [1.82, 2.24) is 9.80 Å². The highest BCUT2D eigenvalue weighted by atomic mass is 19.1. The molecule has 1 aliphatic rings. The lowest BCUT2D eigenvalue weighted by Gasteiger charge is -2.34. The van der Waals surface area contributed by atoms with E-state index in [1.54, 1.807) is 19.2 Å². The zero-order chi connectivity index (χ0) is 20.5. The van der Waals surface area contributed by atoms with Gasteiger partial charge in [0.15, 0.2) is 5.78 Å². The molecule has 0 amide bonds. The first-order valence-electron chi connectivity index (χ1n) is 10.5. The van der Waals surface area contributed by atoms with E-state index < -0.39 is 0 Å². The highest BCUT2D eigenvalue weighted by Gasteiger charge is 2.16. The van der Waals surface area contributed by atoms with Gasteiger partial charge in [-0.25, -0.2) is 4.39 Å². The summed E-state index contributed by atoms with van der Waals surface area (Å²) in [6.07, 6.45) is 3.63. The lowest BCUT2D eigenvalue weighted by molar-refractivity contribution is 0.0961. The lowest BCUT2D eigenvalue weighted by Crippen LogP contribution is -2.46. The number of ether oxygens (including phenoxy) is 1. The van der Waals surface area contributed by atoms with E-state index in [1.165, 1.54) is 24.1 Å². The molecule has 1 aliphatic heterocycles. The monoisotopic (exact) mass is 398 g/mol. The van der Waals surface area contributed by atoms with Crippen LogP contribution in [0.4, 0.5) is 4.39 Å². The van der Waals surface area contributed by atoms with Crippen LogP contribution in [0.25, 0.3) is 0 Å². The summed E-state index contributed by atoms with van der Waals surface area (Å²) in [6, 6.07) is 14.2. The van der Waals surface area contributed by atoms with Crippen LogP contribution in [0.1, 0.15) is 35.2 Å². The summed E-state index contributed by atoms with van der Waals surface area (Å²) in [5.41, 5.74) is 1.96. The van der Waals surface area contributed by atoms with Gasteiger partial charge in [-0.1, -0.05) is 12.1 Å². The molecule has 0 aromatic heterocycles. The second kappa shape index (κ2) is 11.1. The van der Waals surface area contributed by atoms with Gasteiger partial charge in [-0.05, 0) is 74.3 Å². The second-order valence-corrected chi connectivity index (χ2v) is 7.67. The van der Waals surface area contributed by atoms with Crippen molar-refractivity contribution in [3.63, 3.8) is 0 Å². The minimum absolute atomic E-state index is 0.0992. The average Bonchev–Trinajstić information content (AvgIpc) is 2.76. The standard InChI is InChI=1S/C24H31FN2O2/c1-29-23-12-6-20(7-13-23)4-2-14-26-16-18-27(19-17-26)15-3-5-24(28)21-8-10-22(25)11-9-21/h6-13H,2-5,14-19H2,1H3. The van der Waals surface area contributed by atoms with Gasteiger partial charge in [0.05, 0.1) is 7.11 Å². The van der Waals surface area contributed by atoms with Crippen molar-refractivity contribution in [3.8, 4) is 5.75 Å². The summed E-state index contributed by atoms with van der Waals surface area (Å²) < 4.78 is 18.1. The molecule has 1 heterocycles. The van der Waals surface area contributed by atoms with Crippen molar-refractivity contribution >= 4 is 5.78 Å². The normalized spacial score (nSPS) is 15.4. The van der Waals surface area contributed by atoms with Crippen molar-refractivity contribution in [2.45, 2.75) is 25.7 Å². The van der Waals surface area contributed by atoms with E-state index in [0.717, 1.165) is 57.9 Å². The zero-order valence-electron chi connectivity index (χ0n) is 17.3. The van der Waals surface area contributed by atoms with Gasteiger partial charge in [-0.3, -0.25) is 4.79 Å². The van der Waals surface area contributed by atoms with Crippen LogP contribution >= 0.6 is 0 Å². The number of carbonyl (C=O) groups is 1. The molecular formula is C24H31FN2O2. The van der Waals surface area contributed by atoms with Crippen LogP contribution in [0.15, 0.2) is 48.5 Å². The number of ketones is 1. The Hall–Kier alpha value is -2.24. The number of aryl methyl sites for hydroxylation is 1. The predicted molar refractivity (Wildman–Crippen MR) is 114 cm³/mol. The number of carbonyl (C=O) groups excluding carboxylic acids is 1. The molecule has 5 heteroatoms. The Morgan fingerprint density at radius 2 is 1.48 bits per heavy atom. The smallest absolute Gasteiger partial charge is 0.162 e. The van der Waals surface area contributed by atoms with Crippen molar-refractivity contribution < 1.29 is 13.9 Å². The van der Waals surface area contributed by atoms with Crippen LogP contribution in [-0.2, 0) is 6.42 Å². The maximum Gasteiger partial charge on any atom is 0.162 e. The van der Waals surface area contributed by atoms with Crippen LogP contribution in [0.2, 0.25) is 0 Å². The zero-order valence-corrected chi connectivity index (χ0v) is 17.3. The maximum atomic E-state index is 12.9. The van der Waals surface area contributed by atoms with Gasteiger partial charge in [-0.15, -0.1) is 0 Å². The van der Waals surface area contributed by atoms with E-state index >= 15 is 0 Å². The fourth-order valence-corrected chi connectivity index (χ4v) is 3.78. The number of methoxy groups -OCH3 is 1. The molecule has 0 saturated carbocycles. The number of piperazine rings is 1. The van der Waals surface area contributed by atoms with Crippen molar-refractivity contribution in [2.75, 3.05) is 46.4 Å². The average molecular weight is 399 g/mol. The lowest BCUT2D eigenvalue weighted by atomic mass is 10.1. The van der Waals surface area contributed by atoms with Gasteiger partial charge in [0.2, 0.25) is 0 Å². The molecule has 2 aromatic carbocycles. The molecule has 3 rings (SSSR count). The van der Waals surface area contributed by atoms with E-state index in [0.29, 0.717) is 12.0 Å². The number of hydrogen-bond donors (Lipinski definition) is 0. The molecule has 0 aliphatic carbocycles. The molecule has 0 unspecified atom stereocenters. The summed E-state index contributed by atoms with van der Waals surface area (Å²) >= 11 is 0. The molecule has 1 saturated heterocycles. The van der Waals surface area contributed by atoms with Gasteiger partial charge in [0.1, 0.15) is 11.6 Å². The van der Waals surface area contributed by atoms with Crippen LogP contribution in [0, 0.1) is 5.82 Å². The Bertz CT molecular complexity index is 753. The minimum Gasteiger partial charge on any atom is -0.497 e. The Balaban J connectivity index is 1.28. The third kappa shape index (κ3) is 6.94. The van der Waals surface area contributed by atoms with Gasteiger partial charge in [0, 0.05) is 38.2 Å². The topological polar surface area (TPSA) is 32.8 Å². The van der Waals surface area contributed by atoms with E-state index in [1.807, 2.05) is 12.1 Å². The minimum atomic E-state index is -0.302. The third-order valence-corrected chi connectivity index (χ3v) is 5.61. The van der Waals surface area contributed by atoms with Crippen LogP contribution in [0.3, 0.4) is 0 Å².